The van der Waals surface area contributed by atoms with Crippen LogP contribution in [0, 0.1) is 0 Å². The number of primary amides is 1. The van der Waals surface area contributed by atoms with E-state index < -0.39 is 12.0 Å². The lowest BCUT2D eigenvalue weighted by Crippen LogP contribution is -2.31. The molecule has 0 bridgehead atoms. The first-order valence-corrected chi connectivity index (χ1v) is 4.43. The maximum absolute atomic E-state index is 10.4. The van der Waals surface area contributed by atoms with Crippen LogP contribution in [0.1, 0.15) is 20.8 Å². The second kappa shape index (κ2) is 3.97. The van der Waals surface area contributed by atoms with Crippen LogP contribution in [0.2, 0.25) is 0 Å². The summed E-state index contributed by atoms with van der Waals surface area (Å²) in [6, 6.07) is 0. The van der Waals surface area contributed by atoms with Gasteiger partial charge >= 0.3 is 0 Å². The molecule has 11 heavy (non-hydrogen) atoms. The van der Waals surface area contributed by atoms with E-state index in [0.717, 1.165) is 0 Å². The molecule has 1 amide bonds. The molecular weight excluding hydrogens is 162 g/mol. The van der Waals surface area contributed by atoms with E-state index in [2.05, 4.69) is 0 Å². The maximum atomic E-state index is 10.4. The summed E-state index contributed by atoms with van der Waals surface area (Å²) in [4.78, 5) is 10.4. The van der Waals surface area contributed by atoms with E-state index in [9.17, 15) is 4.79 Å². The molecule has 0 aliphatic rings. The van der Waals surface area contributed by atoms with E-state index in [-0.39, 0.29) is 4.75 Å². The summed E-state index contributed by atoms with van der Waals surface area (Å²) in [6.07, 6.45) is -1.01. The van der Waals surface area contributed by atoms with Crippen molar-refractivity contribution in [2.24, 2.45) is 5.73 Å². The van der Waals surface area contributed by atoms with Crippen molar-refractivity contribution >= 4 is 17.7 Å². The number of carbonyl (C=O) groups is 1. The summed E-state index contributed by atoms with van der Waals surface area (Å²) in [5, 5.41) is 8.99. The van der Waals surface area contributed by atoms with Crippen molar-refractivity contribution in [3.8, 4) is 0 Å². The summed E-state index contributed by atoms with van der Waals surface area (Å²) in [5.74, 6) is -0.277. The fourth-order valence-electron chi connectivity index (χ4n) is 0.411. The highest BCUT2D eigenvalue weighted by Crippen LogP contribution is 2.23. The van der Waals surface area contributed by atoms with Gasteiger partial charge in [0.2, 0.25) is 5.91 Å². The number of amides is 1. The molecule has 0 heterocycles. The molecule has 0 aliphatic carbocycles. The third-order valence-electron chi connectivity index (χ3n) is 1.00. The summed E-state index contributed by atoms with van der Waals surface area (Å²) in [6.45, 7) is 6.06. The molecular formula is C7H15NO2S. The minimum atomic E-state index is -1.01. The second-order valence-corrected chi connectivity index (χ2v) is 5.19. The zero-order chi connectivity index (χ0) is 9.07. The molecule has 4 heteroatoms. The first-order chi connectivity index (χ1) is 4.83. The van der Waals surface area contributed by atoms with Gasteiger partial charge in [0.05, 0.1) is 0 Å². The van der Waals surface area contributed by atoms with Crippen molar-refractivity contribution in [2.45, 2.75) is 31.6 Å². The van der Waals surface area contributed by atoms with Crippen molar-refractivity contribution in [2.75, 3.05) is 5.75 Å². The lowest BCUT2D eigenvalue weighted by atomic mass is 10.3. The lowest BCUT2D eigenvalue weighted by Gasteiger charge is -2.18. The first-order valence-electron chi connectivity index (χ1n) is 3.44. The zero-order valence-electron chi connectivity index (χ0n) is 7.13. The molecule has 0 spiro atoms. The van der Waals surface area contributed by atoms with Crippen LogP contribution in [0.5, 0.6) is 0 Å². The van der Waals surface area contributed by atoms with Crippen LogP contribution in [0.15, 0.2) is 0 Å². The monoisotopic (exact) mass is 177 g/mol. The number of hydrogen-bond donors (Lipinski definition) is 2. The smallest absolute Gasteiger partial charge is 0.247 e. The average molecular weight is 177 g/mol. The van der Waals surface area contributed by atoms with E-state index in [1.807, 2.05) is 20.8 Å². The molecule has 0 aromatic rings. The highest BCUT2D eigenvalue weighted by molar-refractivity contribution is 8.00. The van der Waals surface area contributed by atoms with Crippen LogP contribution in [0.4, 0.5) is 0 Å². The van der Waals surface area contributed by atoms with Crippen LogP contribution in [0.25, 0.3) is 0 Å². The van der Waals surface area contributed by atoms with Gasteiger partial charge < -0.3 is 10.8 Å². The zero-order valence-corrected chi connectivity index (χ0v) is 7.94. The Bertz CT molecular complexity index is 142. The Hall–Kier alpha value is -0.220. The number of hydrogen-bond acceptors (Lipinski definition) is 3. The largest absolute Gasteiger partial charge is 0.382 e. The molecule has 3 N–H and O–H groups in total. The molecule has 66 valence electrons. The third-order valence-corrected chi connectivity index (χ3v) is 2.35. The molecule has 0 aromatic heterocycles. The lowest BCUT2D eigenvalue weighted by molar-refractivity contribution is -0.124. The molecule has 3 nitrogen and oxygen atoms in total. The number of rotatable bonds is 3. The molecule has 0 saturated heterocycles. The van der Waals surface area contributed by atoms with Crippen molar-refractivity contribution in [3.05, 3.63) is 0 Å². The average Bonchev–Trinajstić information content (AvgIpc) is 1.80. The molecule has 0 fully saturated rings. The third kappa shape index (κ3) is 6.19. The highest BCUT2D eigenvalue weighted by Gasteiger charge is 2.16. The SMILES string of the molecule is CC(C)(C)SCC(O)C(N)=O. The maximum Gasteiger partial charge on any atom is 0.247 e. The Kier molecular flexibility index (Phi) is 3.89. The number of aliphatic hydroxyl groups excluding tert-OH is 1. The van der Waals surface area contributed by atoms with E-state index in [1.54, 1.807) is 0 Å². The van der Waals surface area contributed by atoms with Crippen molar-refractivity contribution in [1.29, 1.82) is 0 Å². The van der Waals surface area contributed by atoms with Crippen molar-refractivity contribution in [1.82, 2.24) is 0 Å². The van der Waals surface area contributed by atoms with Gasteiger partial charge in [-0.05, 0) is 0 Å². The van der Waals surface area contributed by atoms with Gasteiger partial charge in [-0.3, -0.25) is 4.79 Å². The Morgan fingerprint density at radius 1 is 1.64 bits per heavy atom. The Balaban J connectivity index is 3.63. The molecule has 0 rings (SSSR count). The molecule has 0 saturated carbocycles. The number of nitrogens with two attached hydrogens (primary N) is 1. The first kappa shape index (κ1) is 10.8. The van der Waals surface area contributed by atoms with Crippen molar-refractivity contribution in [3.63, 3.8) is 0 Å². The minimum absolute atomic E-state index is 0.0659. The quantitative estimate of drug-likeness (QED) is 0.654. The summed E-state index contributed by atoms with van der Waals surface area (Å²) in [7, 11) is 0. The normalized spacial score (nSPS) is 14.5. The van der Waals surface area contributed by atoms with Gasteiger partial charge in [-0.25, -0.2) is 0 Å². The Morgan fingerprint density at radius 3 is 2.36 bits per heavy atom. The van der Waals surface area contributed by atoms with Gasteiger partial charge in [0.1, 0.15) is 6.10 Å². The summed E-state index contributed by atoms with van der Waals surface area (Å²) in [5.41, 5.74) is 4.86. The molecule has 0 aromatic carbocycles. The second-order valence-electron chi connectivity index (χ2n) is 3.34. The van der Waals surface area contributed by atoms with Crippen LogP contribution in [0.3, 0.4) is 0 Å². The topological polar surface area (TPSA) is 63.3 Å². The van der Waals surface area contributed by atoms with Crippen LogP contribution >= 0.6 is 11.8 Å². The van der Waals surface area contributed by atoms with Crippen LogP contribution in [-0.2, 0) is 4.79 Å². The van der Waals surface area contributed by atoms with Gasteiger partial charge in [0.25, 0.3) is 0 Å². The van der Waals surface area contributed by atoms with Crippen LogP contribution in [-0.4, -0.2) is 27.6 Å². The molecule has 1 unspecified atom stereocenters. The molecule has 0 aliphatic heterocycles. The highest BCUT2D eigenvalue weighted by atomic mass is 32.2. The van der Waals surface area contributed by atoms with Gasteiger partial charge in [-0.1, -0.05) is 20.8 Å². The van der Waals surface area contributed by atoms with Crippen LogP contribution < -0.4 is 5.73 Å². The van der Waals surface area contributed by atoms with Gasteiger partial charge in [0, 0.05) is 10.5 Å². The van der Waals surface area contributed by atoms with E-state index in [4.69, 9.17) is 10.8 Å². The number of carbonyl (C=O) groups excluding carboxylic acids is 1. The van der Waals surface area contributed by atoms with Gasteiger partial charge in [-0.15, -0.1) is 0 Å². The molecule has 0 radical (unpaired) electrons. The van der Waals surface area contributed by atoms with Crippen molar-refractivity contribution < 1.29 is 9.90 Å². The molecule has 1 atom stereocenters. The number of thioether (sulfide) groups is 1. The minimum Gasteiger partial charge on any atom is -0.382 e. The van der Waals surface area contributed by atoms with E-state index in [0.29, 0.717) is 5.75 Å². The predicted molar refractivity (Wildman–Crippen MR) is 47.4 cm³/mol. The summed E-state index contributed by atoms with van der Waals surface area (Å²) < 4.78 is 0.0659. The van der Waals surface area contributed by atoms with Gasteiger partial charge in [-0.2, -0.15) is 11.8 Å². The standard InChI is InChI=1S/C7H15NO2S/c1-7(2,3)11-4-5(9)6(8)10/h5,9H,4H2,1-3H3,(H2,8,10). The van der Waals surface area contributed by atoms with E-state index in [1.165, 1.54) is 11.8 Å². The number of aliphatic hydroxyl groups is 1. The fourth-order valence-corrected chi connectivity index (χ4v) is 1.23. The Morgan fingerprint density at radius 2 is 2.09 bits per heavy atom. The Labute approximate surface area is 71.3 Å². The van der Waals surface area contributed by atoms with E-state index >= 15 is 0 Å². The summed E-state index contributed by atoms with van der Waals surface area (Å²) >= 11 is 1.52. The fraction of sp³-hybridized carbons (Fsp3) is 0.857. The predicted octanol–water partition coefficient (Wildman–Crippen LogP) is 0.364. The van der Waals surface area contributed by atoms with Gasteiger partial charge in [0.15, 0.2) is 0 Å².